The number of thiocarbonyl (C=S) groups is 1. The minimum absolute atomic E-state index is 0.0271. The van der Waals surface area contributed by atoms with Crippen LogP contribution in [0.5, 0.6) is 0 Å². The number of rotatable bonds is 2. The number of carbonyl (C=O) groups excluding carboxylic acids is 2. The molecule has 8 heteroatoms. The molecule has 2 aromatic rings. The van der Waals surface area contributed by atoms with Crippen molar-refractivity contribution in [2.75, 3.05) is 4.90 Å². The maximum absolute atomic E-state index is 12.7. The van der Waals surface area contributed by atoms with Crippen molar-refractivity contribution in [3.05, 3.63) is 53.1 Å². The molecule has 0 aliphatic carbocycles. The highest BCUT2D eigenvalue weighted by Gasteiger charge is 2.34. The van der Waals surface area contributed by atoms with Gasteiger partial charge in [0, 0.05) is 24.5 Å². The molecule has 6 nitrogen and oxygen atoms in total. The molecular formula is C15H11ClN4O2S. The Balaban J connectivity index is 2.02. The van der Waals surface area contributed by atoms with Crippen molar-refractivity contribution in [2.45, 2.75) is 0 Å². The summed E-state index contributed by atoms with van der Waals surface area (Å²) in [6, 6.07) is 6.60. The number of carbonyl (C=O) groups is 2. The fourth-order valence-electron chi connectivity index (χ4n) is 2.13. The summed E-state index contributed by atoms with van der Waals surface area (Å²) in [5.74, 6) is -0.565. The number of amides is 2. The van der Waals surface area contributed by atoms with Crippen LogP contribution < -0.4 is 10.2 Å². The molecular weight excluding hydrogens is 336 g/mol. The number of imidazole rings is 1. The lowest BCUT2D eigenvalue weighted by molar-refractivity contribution is -0.122. The van der Waals surface area contributed by atoms with Crippen LogP contribution in [0.15, 0.2) is 42.2 Å². The Morgan fingerprint density at radius 3 is 2.57 bits per heavy atom. The number of aromatic nitrogens is 2. The van der Waals surface area contributed by atoms with E-state index in [1.54, 1.807) is 48.3 Å². The number of hydrogen-bond donors (Lipinski definition) is 1. The van der Waals surface area contributed by atoms with Crippen molar-refractivity contribution < 1.29 is 9.59 Å². The topological polar surface area (TPSA) is 67.2 Å². The van der Waals surface area contributed by atoms with Gasteiger partial charge in [0.05, 0.1) is 5.69 Å². The lowest BCUT2D eigenvalue weighted by atomic mass is 10.1. The molecule has 1 fully saturated rings. The van der Waals surface area contributed by atoms with Crippen LogP contribution in [0.4, 0.5) is 5.69 Å². The van der Waals surface area contributed by atoms with Crippen LogP contribution in [0, 0.1) is 0 Å². The van der Waals surface area contributed by atoms with Gasteiger partial charge in [0.15, 0.2) is 5.11 Å². The number of hydrogen-bond acceptors (Lipinski definition) is 4. The number of aryl methyl sites for hydroxylation is 1. The normalized spacial score (nSPS) is 16.9. The van der Waals surface area contributed by atoms with E-state index < -0.39 is 11.8 Å². The van der Waals surface area contributed by atoms with Crippen molar-refractivity contribution in [2.24, 2.45) is 7.05 Å². The highest BCUT2D eigenvalue weighted by Crippen LogP contribution is 2.23. The average molecular weight is 347 g/mol. The monoisotopic (exact) mass is 346 g/mol. The van der Waals surface area contributed by atoms with Crippen LogP contribution in [-0.4, -0.2) is 26.5 Å². The second-order valence-corrected chi connectivity index (χ2v) is 5.65. The van der Waals surface area contributed by atoms with E-state index in [4.69, 9.17) is 23.8 Å². The van der Waals surface area contributed by atoms with Crippen LogP contribution in [-0.2, 0) is 16.6 Å². The van der Waals surface area contributed by atoms with E-state index in [9.17, 15) is 9.59 Å². The van der Waals surface area contributed by atoms with Crippen molar-refractivity contribution in [1.82, 2.24) is 14.9 Å². The lowest BCUT2D eigenvalue weighted by Crippen LogP contribution is -2.54. The zero-order valence-electron chi connectivity index (χ0n) is 12.0. The first-order chi connectivity index (χ1) is 11.0. The lowest BCUT2D eigenvalue weighted by Gasteiger charge is -2.28. The highest BCUT2D eigenvalue weighted by molar-refractivity contribution is 7.80. The molecule has 0 atom stereocenters. The van der Waals surface area contributed by atoms with E-state index in [-0.39, 0.29) is 10.7 Å². The SMILES string of the molecule is Cn1ccnc1C=C1C(=O)NC(=S)N(c2ccc(Cl)cc2)C1=O. The Morgan fingerprint density at radius 2 is 1.96 bits per heavy atom. The summed E-state index contributed by atoms with van der Waals surface area (Å²) < 4.78 is 1.70. The van der Waals surface area contributed by atoms with Crippen LogP contribution in [0.25, 0.3) is 6.08 Å². The largest absolute Gasteiger partial charge is 0.335 e. The summed E-state index contributed by atoms with van der Waals surface area (Å²) in [5.41, 5.74) is 0.484. The summed E-state index contributed by atoms with van der Waals surface area (Å²) in [6.07, 6.45) is 4.74. The molecule has 2 heterocycles. The number of nitrogens with zero attached hydrogens (tertiary/aromatic N) is 3. The Hall–Kier alpha value is -2.51. The van der Waals surface area contributed by atoms with Crippen LogP contribution in [0.3, 0.4) is 0 Å². The van der Waals surface area contributed by atoms with Crippen LogP contribution >= 0.6 is 23.8 Å². The third-order valence-electron chi connectivity index (χ3n) is 3.32. The van der Waals surface area contributed by atoms with Gasteiger partial charge in [-0.25, -0.2) is 4.98 Å². The van der Waals surface area contributed by atoms with E-state index in [1.165, 1.54) is 11.0 Å². The first-order valence-electron chi connectivity index (χ1n) is 6.62. The van der Waals surface area contributed by atoms with Crippen molar-refractivity contribution in [3.8, 4) is 0 Å². The standard InChI is InChI=1S/C15H11ClN4O2S/c1-19-7-6-17-12(19)8-11-13(21)18-15(23)20(14(11)22)10-4-2-9(16)3-5-10/h2-8H,1H3,(H,18,21,23). The molecule has 0 radical (unpaired) electrons. The average Bonchev–Trinajstić information content (AvgIpc) is 2.90. The molecule has 116 valence electrons. The molecule has 1 aromatic carbocycles. The highest BCUT2D eigenvalue weighted by atomic mass is 35.5. The molecule has 23 heavy (non-hydrogen) atoms. The Bertz CT molecular complexity index is 841. The van der Waals surface area contributed by atoms with E-state index in [2.05, 4.69) is 10.3 Å². The van der Waals surface area contributed by atoms with Gasteiger partial charge in [0.25, 0.3) is 11.8 Å². The molecule has 0 bridgehead atoms. The van der Waals surface area contributed by atoms with Gasteiger partial charge >= 0.3 is 0 Å². The third-order valence-corrected chi connectivity index (χ3v) is 3.86. The van der Waals surface area contributed by atoms with Gasteiger partial charge in [-0.3, -0.25) is 19.8 Å². The van der Waals surface area contributed by atoms with Gasteiger partial charge in [-0.15, -0.1) is 0 Å². The van der Waals surface area contributed by atoms with Crippen LogP contribution in [0.2, 0.25) is 5.02 Å². The molecule has 0 unspecified atom stereocenters. The van der Waals surface area contributed by atoms with Gasteiger partial charge in [-0.1, -0.05) is 11.6 Å². The molecule has 1 aliphatic rings. The predicted molar refractivity (Wildman–Crippen MR) is 90.9 cm³/mol. The third kappa shape index (κ3) is 2.88. The van der Waals surface area contributed by atoms with Crippen molar-refractivity contribution in [3.63, 3.8) is 0 Å². The first kappa shape index (κ1) is 15.4. The zero-order chi connectivity index (χ0) is 16.6. The van der Waals surface area contributed by atoms with Crippen molar-refractivity contribution in [1.29, 1.82) is 0 Å². The number of anilines is 1. The Morgan fingerprint density at radius 1 is 1.26 bits per heavy atom. The van der Waals surface area contributed by atoms with Gasteiger partial charge in [-0.2, -0.15) is 0 Å². The summed E-state index contributed by atoms with van der Waals surface area (Å²) in [7, 11) is 1.77. The fourth-order valence-corrected chi connectivity index (χ4v) is 2.53. The molecule has 2 amide bonds. The van der Waals surface area contributed by atoms with E-state index in [0.717, 1.165) is 0 Å². The maximum atomic E-state index is 12.7. The molecule has 3 rings (SSSR count). The number of halogens is 1. The second kappa shape index (κ2) is 5.94. The molecule has 0 saturated carbocycles. The van der Waals surface area contributed by atoms with Gasteiger partial charge in [0.1, 0.15) is 11.4 Å². The minimum Gasteiger partial charge on any atom is -0.335 e. The number of nitrogens with one attached hydrogen (secondary N) is 1. The summed E-state index contributed by atoms with van der Waals surface area (Å²) >= 11 is 11.0. The molecule has 1 aromatic heterocycles. The van der Waals surface area contributed by atoms with E-state index >= 15 is 0 Å². The smallest absolute Gasteiger partial charge is 0.270 e. The van der Waals surface area contributed by atoms with Gasteiger partial charge < -0.3 is 4.57 Å². The number of benzene rings is 1. The quantitative estimate of drug-likeness (QED) is 0.512. The predicted octanol–water partition coefficient (Wildman–Crippen LogP) is 1.90. The first-order valence-corrected chi connectivity index (χ1v) is 7.40. The van der Waals surface area contributed by atoms with Gasteiger partial charge in [-0.05, 0) is 42.6 Å². The molecule has 1 N–H and O–H groups in total. The molecule has 0 spiro atoms. The summed E-state index contributed by atoms with van der Waals surface area (Å²) in [5, 5.41) is 3.08. The maximum Gasteiger partial charge on any atom is 0.270 e. The summed E-state index contributed by atoms with van der Waals surface area (Å²) in [4.78, 5) is 30.2. The minimum atomic E-state index is -0.548. The molecule has 1 aliphatic heterocycles. The molecule has 1 saturated heterocycles. The summed E-state index contributed by atoms with van der Waals surface area (Å²) in [6.45, 7) is 0. The Kier molecular flexibility index (Phi) is 3.97. The van der Waals surface area contributed by atoms with Gasteiger partial charge in [0.2, 0.25) is 0 Å². The van der Waals surface area contributed by atoms with E-state index in [1.807, 2.05) is 0 Å². The second-order valence-electron chi connectivity index (χ2n) is 4.83. The fraction of sp³-hybridized carbons (Fsp3) is 0.0667. The zero-order valence-corrected chi connectivity index (χ0v) is 13.6. The van der Waals surface area contributed by atoms with E-state index in [0.29, 0.717) is 16.5 Å². The van der Waals surface area contributed by atoms with Crippen LogP contribution in [0.1, 0.15) is 5.82 Å². The van der Waals surface area contributed by atoms with Crippen molar-refractivity contribution >= 4 is 52.5 Å². The Labute approximate surface area is 142 Å².